The van der Waals surface area contributed by atoms with Crippen molar-refractivity contribution in [3.8, 4) is 0 Å². The molecule has 8 heteroatoms. The van der Waals surface area contributed by atoms with E-state index in [0.717, 1.165) is 19.3 Å². The molecule has 1 saturated carbocycles. The van der Waals surface area contributed by atoms with E-state index in [1.807, 2.05) is 0 Å². The lowest BCUT2D eigenvalue weighted by Gasteiger charge is -2.14. The van der Waals surface area contributed by atoms with Gasteiger partial charge in [0.1, 0.15) is 0 Å². The summed E-state index contributed by atoms with van der Waals surface area (Å²) >= 11 is 3.14. The number of hydrogen-bond acceptors (Lipinski definition) is 4. The van der Waals surface area contributed by atoms with E-state index >= 15 is 0 Å². The Morgan fingerprint density at radius 2 is 2.15 bits per heavy atom. The summed E-state index contributed by atoms with van der Waals surface area (Å²) in [7, 11) is -3.90. The molecule has 6 nitrogen and oxygen atoms in total. The fourth-order valence-corrected chi connectivity index (χ4v) is 4.05. The number of nitrogens with zero attached hydrogens (tertiary/aromatic N) is 1. The van der Waals surface area contributed by atoms with Crippen LogP contribution >= 0.6 is 15.9 Å². The molecule has 1 unspecified atom stereocenters. The summed E-state index contributed by atoms with van der Waals surface area (Å²) in [5.74, 6) is 0.574. The van der Waals surface area contributed by atoms with Crippen LogP contribution in [0.25, 0.3) is 0 Å². The normalized spacial score (nSPS) is 16.9. The third kappa shape index (κ3) is 3.77. The SMILES string of the molecule is CC(CC1CC1)NS(=O)(=O)c1cc(Br)ccc1[N+](=O)[O-]. The van der Waals surface area contributed by atoms with Crippen LogP contribution in [0.4, 0.5) is 5.69 Å². The predicted molar refractivity (Wildman–Crippen MR) is 77.9 cm³/mol. The van der Waals surface area contributed by atoms with Crippen LogP contribution in [0.15, 0.2) is 27.6 Å². The second kappa shape index (κ2) is 5.79. The van der Waals surface area contributed by atoms with Crippen molar-refractivity contribution in [2.24, 2.45) is 5.92 Å². The van der Waals surface area contributed by atoms with Crippen LogP contribution in [0.1, 0.15) is 26.2 Å². The van der Waals surface area contributed by atoms with Gasteiger partial charge in [0.25, 0.3) is 5.69 Å². The maximum atomic E-state index is 12.3. The monoisotopic (exact) mass is 362 g/mol. The molecule has 110 valence electrons. The van der Waals surface area contributed by atoms with Crippen molar-refractivity contribution in [1.82, 2.24) is 4.72 Å². The van der Waals surface area contributed by atoms with Gasteiger partial charge in [0, 0.05) is 16.6 Å². The minimum Gasteiger partial charge on any atom is -0.258 e. The van der Waals surface area contributed by atoms with Gasteiger partial charge in [0.05, 0.1) is 4.92 Å². The Balaban J connectivity index is 2.27. The van der Waals surface area contributed by atoms with Crippen molar-refractivity contribution < 1.29 is 13.3 Å². The highest BCUT2D eigenvalue weighted by Gasteiger charge is 2.30. The van der Waals surface area contributed by atoms with Crippen LogP contribution in [0.3, 0.4) is 0 Å². The number of nitro groups is 1. The van der Waals surface area contributed by atoms with Gasteiger partial charge in [0.15, 0.2) is 4.90 Å². The second-order valence-electron chi connectivity index (χ2n) is 5.07. The van der Waals surface area contributed by atoms with Gasteiger partial charge >= 0.3 is 0 Å². The molecule has 0 heterocycles. The fraction of sp³-hybridized carbons (Fsp3) is 0.500. The Morgan fingerprint density at radius 1 is 1.50 bits per heavy atom. The van der Waals surface area contributed by atoms with Crippen LogP contribution < -0.4 is 4.72 Å². The summed E-state index contributed by atoms with van der Waals surface area (Å²) in [5.41, 5.74) is -0.417. The van der Waals surface area contributed by atoms with Crippen molar-refractivity contribution in [2.75, 3.05) is 0 Å². The summed E-state index contributed by atoms with van der Waals surface area (Å²) < 4.78 is 27.6. The highest BCUT2D eigenvalue weighted by atomic mass is 79.9. The number of nitrogens with one attached hydrogen (secondary N) is 1. The molecule has 1 aromatic rings. The van der Waals surface area contributed by atoms with E-state index in [4.69, 9.17) is 0 Å². The summed E-state index contributed by atoms with van der Waals surface area (Å²) in [6.07, 6.45) is 3.02. The van der Waals surface area contributed by atoms with Gasteiger partial charge in [0.2, 0.25) is 10.0 Å². The first-order valence-corrected chi connectivity index (χ1v) is 8.53. The largest absolute Gasteiger partial charge is 0.289 e. The number of sulfonamides is 1. The molecule has 1 aliphatic carbocycles. The van der Waals surface area contributed by atoms with Crippen molar-refractivity contribution in [1.29, 1.82) is 0 Å². The molecule has 0 spiro atoms. The van der Waals surface area contributed by atoms with Crippen molar-refractivity contribution in [2.45, 2.75) is 37.1 Å². The van der Waals surface area contributed by atoms with Gasteiger partial charge in [-0.3, -0.25) is 10.1 Å². The molecule has 0 radical (unpaired) electrons. The van der Waals surface area contributed by atoms with E-state index in [9.17, 15) is 18.5 Å². The van der Waals surface area contributed by atoms with Gasteiger partial charge in [-0.1, -0.05) is 28.8 Å². The minimum absolute atomic E-state index is 0.230. The molecular weight excluding hydrogens is 348 g/mol. The molecular formula is C12H15BrN2O4S. The molecule has 0 amide bonds. The molecule has 1 atom stereocenters. The van der Waals surface area contributed by atoms with Crippen molar-refractivity contribution >= 4 is 31.6 Å². The molecule has 0 aliphatic heterocycles. The number of rotatable bonds is 6. The zero-order valence-corrected chi connectivity index (χ0v) is 13.3. The topological polar surface area (TPSA) is 89.3 Å². The predicted octanol–water partition coefficient (Wildman–Crippen LogP) is 2.82. The molecule has 2 rings (SSSR count). The average Bonchev–Trinajstić information content (AvgIpc) is 3.11. The smallest absolute Gasteiger partial charge is 0.258 e. The van der Waals surface area contributed by atoms with Crippen LogP contribution in [0, 0.1) is 16.0 Å². The molecule has 0 saturated heterocycles. The van der Waals surface area contributed by atoms with E-state index in [1.54, 1.807) is 6.92 Å². The van der Waals surface area contributed by atoms with Gasteiger partial charge in [-0.15, -0.1) is 0 Å². The Kier molecular flexibility index (Phi) is 4.46. The van der Waals surface area contributed by atoms with Gasteiger partial charge in [-0.05, 0) is 31.4 Å². The zero-order chi connectivity index (χ0) is 14.9. The third-order valence-electron chi connectivity index (χ3n) is 3.15. The van der Waals surface area contributed by atoms with Crippen LogP contribution in [0.2, 0.25) is 0 Å². The Morgan fingerprint density at radius 3 is 2.70 bits per heavy atom. The average molecular weight is 363 g/mol. The lowest BCUT2D eigenvalue weighted by atomic mass is 10.2. The summed E-state index contributed by atoms with van der Waals surface area (Å²) in [6.45, 7) is 1.78. The molecule has 0 aromatic heterocycles. The first kappa shape index (κ1) is 15.4. The molecule has 1 aromatic carbocycles. The molecule has 1 N–H and O–H groups in total. The quantitative estimate of drug-likeness (QED) is 0.622. The highest BCUT2D eigenvalue weighted by Crippen LogP contribution is 2.34. The Bertz CT molecular complexity index is 628. The second-order valence-corrected chi connectivity index (χ2v) is 7.67. The first-order chi connectivity index (χ1) is 9.29. The van der Waals surface area contributed by atoms with Crippen molar-refractivity contribution in [3.63, 3.8) is 0 Å². The zero-order valence-electron chi connectivity index (χ0n) is 10.9. The lowest BCUT2D eigenvalue weighted by molar-refractivity contribution is -0.387. The minimum atomic E-state index is -3.90. The fourth-order valence-electron chi connectivity index (χ4n) is 2.08. The van der Waals surface area contributed by atoms with E-state index in [0.29, 0.717) is 10.4 Å². The van der Waals surface area contributed by atoms with E-state index in [-0.39, 0.29) is 10.9 Å². The van der Waals surface area contributed by atoms with Gasteiger partial charge in [-0.25, -0.2) is 13.1 Å². The lowest BCUT2D eigenvalue weighted by Crippen LogP contribution is -2.33. The van der Waals surface area contributed by atoms with Crippen LogP contribution in [0.5, 0.6) is 0 Å². The molecule has 0 bridgehead atoms. The number of benzene rings is 1. The number of halogens is 1. The molecule has 1 fully saturated rings. The maximum absolute atomic E-state index is 12.3. The van der Waals surface area contributed by atoms with E-state index in [1.165, 1.54) is 18.2 Å². The van der Waals surface area contributed by atoms with Crippen LogP contribution in [-0.4, -0.2) is 19.4 Å². The van der Waals surface area contributed by atoms with E-state index < -0.39 is 20.6 Å². The standard InChI is InChI=1S/C12H15BrN2O4S/c1-8(6-9-2-3-9)14-20(18,19)12-7-10(13)4-5-11(12)15(16)17/h4-5,7-9,14H,2-3,6H2,1H3. The summed E-state index contributed by atoms with van der Waals surface area (Å²) in [6, 6.07) is 3.66. The van der Waals surface area contributed by atoms with Gasteiger partial charge < -0.3 is 0 Å². The van der Waals surface area contributed by atoms with E-state index in [2.05, 4.69) is 20.7 Å². The van der Waals surface area contributed by atoms with Gasteiger partial charge in [-0.2, -0.15) is 0 Å². The molecule has 1 aliphatic rings. The Labute approximate surface area is 125 Å². The summed E-state index contributed by atoms with van der Waals surface area (Å²) in [4.78, 5) is 9.96. The third-order valence-corrected chi connectivity index (χ3v) is 5.26. The first-order valence-electron chi connectivity index (χ1n) is 6.26. The maximum Gasteiger partial charge on any atom is 0.289 e. The summed E-state index contributed by atoms with van der Waals surface area (Å²) in [5, 5.41) is 11.0. The highest BCUT2D eigenvalue weighted by molar-refractivity contribution is 9.10. The van der Waals surface area contributed by atoms with Crippen molar-refractivity contribution in [3.05, 3.63) is 32.8 Å². The Hall–Kier alpha value is -0.990. The molecule has 20 heavy (non-hydrogen) atoms. The number of nitro benzene ring substituents is 1. The van der Waals surface area contributed by atoms with Crippen LogP contribution in [-0.2, 0) is 10.0 Å². The number of hydrogen-bond donors (Lipinski definition) is 1.